The van der Waals surface area contributed by atoms with Gasteiger partial charge in [-0.15, -0.1) is 0 Å². The molecule has 1 fully saturated rings. The summed E-state index contributed by atoms with van der Waals surface area (Å²) >= 11 is 0. The number of carbonyl (C=O) groups excluding carboxylic acids is 3. The van der Waals surface area contributed by atoms with Crippen molar-refractivity contribution < 1.29 is 19.5 Å². The van der Waals surface area contributed by atoms with Crippen LogP contribution < -0.4 is 10.0 Å². The lowest BCUT2D eigenvalue weighted by molar-refractivity contribution is -0.305. The summed E-state index contributed by atoms with van der Waals surface area (Å²) in [5.41, 5.74) is 3.36. The van der Waals surface area contributed by atoms with Crippen LogP contribution in [0.15, 0.2) is 48.5 Å². The molecule has 154 valence electrons. The third-order valence-corrected chi connectivity index (χ3v) is 5.63. The van der Waals surface area contributed by atoms with Crippen LogP contribution in [0.5, 0.6) is 0 Å². The normalized spacial score (nSPS) is 17.9. The molecule has 1 saturated heterocycles. The van der Waals surface area contributed by atoms with Crippen LogP contribution in [0.1, 0.15) is 47.2 Å². The van der Waals surface area contributed by atoms with Gasteiger partial charge in [-0.3, -0.25) is 14.5 Å². The Bertz CT molecular complexity index is 1000. The molecule has 0 N–H and O–H groups in total. The maximum Gasteiger partial charge on any atom is 0.261 e. The average molecular weight is 403 g/mol. The highest BCUT2D eigenvalue weighted by Gasteiger charge is 2.34. The van der Waals surface area contributed by atoms with Crippen LogP contribution in [-0.4, -0.2) is 42.3 Å². The number of anilines is 1. The van der Waals surface area contributed by atoms with Crippen LogP contribution in [0.4, 0.5) is 5.69 Å². The number of benzene rings is 2. The first-order valence-corrected chi connectivity index (χ1v) is 10.3. The van der Waals surface area contributed by atoms with Crippen LogP contribution >= 0.6 is 0 Å². The standard InChI is InChI=1S/C24H24N2O4/c27-22(28)12-15-26-23(29)20-7-3-2-6-19(20)21(24(26)30)16-17-8-10-18(11-9-17)25-13-4-1-5-14-25/h2-3,6-11,16H,1,4-5,12-15H2,(H,27,28)/p-1/b21-16-. The molecule has 0 atom stereocenters. The van der Waals surface area contributed by atoms with Gasteiger partial charge < -0.3 is 14.8 Å². The molecule has 0 radical (unpaired) electrons. The first-order valence-electron chi connectivity index (χ1n) is 10.3. The van der Waals surface area contributed by atoms with E-state index in [1.54, 1.807) is 30.3 Å². The molecule has 2 aliphatic heterocycles. The molecule has 2 aromatic carbocycles. The Balaban J connectivity index is 1.66. The number of rotatable bonds is 5. The van der Waals surface area contributed by atoms with Crippen LogP contribution in [-0.2, 0) is 9.59 Å². The van der Waals surface area contributed by atoms with Crippen molar-refractivity contribution in [3.8, 4) is 0 Å². The predicted octanol–water partition coefficient (Wildman–Crippen LogP) is 2.34. The Hall–Kier alpha value is -3.41. The number of amides is 2. The monoisotopic (exact) mass is 403 g/mol. The van der Waals surface area contributed by atoms with Gasteiger partial charge in [-0.2, -0.15) is 0 Å². The molecule has 4 rings (SSSR count). The van der Waals surface area contributed by atoms with Gasteiger partial charge in [-0.25, -0.2) is 0 Å². The Labute approximate surface area is 175 Å². The van der Waals surface area contributed by atoms with Crippen molar-refractivity contribution in [3.63, 3.8) is 0 Å². The number of hydrogen-bond acceptors (Lipinski definition) is 5. The van der Waals surface area contributed by atoms with E-state index < -0.39 is 24.2 Å². The number of imide groups is 1. The maximum absolute atomic E-state index is 13.0. The van der Waals surface area contributed by atoms with E-state index in [1.165, 1.54) is 19.3 Å². The van der Waals surface area contributed by atoms with Gasteiger partial charge in [0.15, 0.2) is 0 Å². The number of aliphatic carboxylic acids is 1. The van der Waals surface area contributed by atoms with Crippen molar-refractivity contribution in [2.24, 2.45) is 0 Å². The van der Waals surface area contributed by atoms with Gasteiger partial charge in [0.2, 0.25) is 0 Å². The molecule has 0 bridgehead atoms. The molecule has 6 nitrogen and oxygen atoms in total. The molecule has 2 amide bonds. The highest BCUT2D eigenvalue weighted by molar-refractivity contribution is 6.33. The maximum atomic E-state index is 13.0. The van der Waals surface area contributed by atoms with Crippen molar-refractivity contribution in [1.29, 1.82) is 0 Å². The summed E-state index contributed by atoms with van der Waals surface area (Å²) in [6, 6.07) is 15.0. The second-order valence-electron chi connectivity index (χ2n) is 7.63. The molecule has 6 heteroatoms. The largest absolute Gasteiger partial charge is 0.550 e. The summed E-state index contributed by atoms with van der Waals surface area (Å²) in [4.78, 5) is 40.0. The predicted molar refractivity (Wildman–Crippen MR) is 112 cm³/mol. The SMILES string of the molecule is O=C([O-])CCN1C(=O)/C(=C\c2ccc(N3CCCCC3)cc2)c2ccccc2C1=O. The highest BCUT2D eigenvalue weighted by Crippen LogP contribution is 2.31. The topological polar surface area (TPSA) is 80.8 Å². The van der Waals surface area contributed by atoms with Crippen LogP contribution in [0.3, 0.4) is 0 Å². The lowest BCUT2D eigenvalue weighted by Gasteiger charge is -2.29. The fraction of sp³-hybridized carbons (Fsp3) is 0.292. The number of hydrogen-bond donors (Lipinski definition) is 0. The van der Waals surface area contributed by atoms with E-state index in [0.29, 0.717) is 16.7 Å². The van der Waals surface area contributed by atoms with Crippen molar-refractivity contribution in [3.05, 3.63) is 65.2 Å². The minimum atomic E-state index is -1.30. The molecular formula is C24H23N2O4-. The average Bonchev–Trinajstić information content (AvgIpc) is 2.77. The fourth-order valence-corrected chi connectivity index (χ4v) is 4.05. The van der Waals surface area contributed by atoms with Crippen LogP contribution in [0.2, 0.25) is 0 Å². The lowest BCUT2D eigenvalue weighted by Crippen LogP contribution is -2.43. The van der Waals surface area contributed by atoms with E-state index in [2.05, 4.69) is 17.0 Å². The van der Waals surface area contributed by atoms with Gasteiger partial charge >= 0.3 is 0 Å². The first kappa shape index (κ1) is 19.9. The molecule has 0 saturated carbocycles. The Morgan fingerprint density at radius 2 is 1.57 bits per heavy atom. The van der Waals surface area contributed by atoms with Gasteiger partial charge in [0.25, 0.3) is 11.8 Å². The lowest BCUT2D eigenvalue weighted by atomic mass is 9.92. The molecule has 2 aromatic rings. The third-order valence-electron chi connectivity index (χ3n) is 5.63. The molecule has 2 aliphatic rings. The summed E-state index contributed by atoms with van der Waals surface area (Å²) in [7, 11) is 0. The van der Waals surface area contributed by atoms with E-state index >= 15 is 0 Å². The number of carboxylic acid groups (broad SMARTS) is 1. The molecule has 0 aromatic heterocycles. The molecule has 0 aliphatic carbocycles. The Morgan fingerprint density at radius 3 is 2.23 bits per heavy atom. The smallest absolute Gasteiger partial charge is 0.261 e. The minimum absolute atomic E-state index is 0.209. The van der Waals surface area contributed by atoms with E-state index in [-0.39, 0.29) is 6.54 Å². The highest BCUT2D eigenvalue weighted by atomic mass is 16.4. The summed E-state index contributed by atoms with van der Waals surface area (Å²) in [6.07, 6.45) is 5.05. The van der Waals surface area contributed by atoms with Gasteiger partial charge in [-0.1, -0.05) is 30.3 Å². The minimum Gasteiger partial charge on any atom is -0.550 e. The fourth-order valence-electron chi connectivity index (χ4n) is 4.05. The third kappa shape index (κ3) is 3.99. The van der Waals surface area contributed by atoms with Crippen LogP contribution in [0.25, 0.3) is 11.6 Å². The molecule has 2 heterocycles. The zero-order chi connectivity index (χ0) is 21.1. The van der Waals surface area contributed by atoms with E-state index in [0.717, 1.165) is 29.2 Å². The van der Waals surface area contributed by atoms with Gasteiger partial charge in [0, 0.05) is 48.8 Å². The number of carbonyl (C=O) groups is 3. The summed E-state index contributed by atoms with van der Waals surface area (Å²) in [6.45, 7) is 1.91. The van der Waals surface area contributed by atoms with E-state index in [4.69, 9.17) is 0 Å². The second kappa shape index (κ2) is 8.53. The number of carboxylic acids is 1. The van der Waals surface area contributed by atoms with Crippen LogP contribution in [0, 0.1) is 0 Å². The number of nitrogens with zero attached hydrogens (tertiary/aromatic N) is 2. The van der Waals surface area contributed by atoms with Gasteiger partial charge in [0.1, 0.15) is 0 Å². The molecule has 0 unspecified atom stereocenters. The first-order chi connectivity index (χ1) is 14.5. The summed E-state index contributed by atoms with van der Waals surface area (Å²) in [5, 5.41) is 10.9. The summed E-state index contributed by atoms with van der Waals surface area (Å²) in [5.74, 6) is -2.26. The number of piperidine rings is 1. The van der Waals surface area contributed by atoms with Crippen molar-refractivity contribution in [2.75, 3.05) is 24.5 Å². The van der Waals surface area contributed by atoms with Crippen molar-refractivity contribution >= 4 is 35.1 Å². The van der Waals surface area contributed by atoms with Crippen molar-refractivity contribution in [2.45, 2.75) is 25.7 Å². The Kier molecular flexibility index (Phi) is 5.65. The summed E-state index contributed by atoms with van der Waals surface area (Å²) < 4.78 is 0. The zero-order valence-electron chi connectivity index (χ0n) is 16.7. The second-order valence-corrected chi connectivity index (χ2v) is 7.63. The van der Waals surface area contributed by atoms with Gasteiger partial charge in [-0.05, 0) is 54.7 Å². The van der Waals surface area contributed by atoms with E-state index in [1.807, 2.05) is 12.1 Å². The molecular weight excluding hydrogens is 380 g/mol. The zero-order valence-corrected chi connectivity index (χ0v) is 16.7. The van der Waals surface area contributed by atoms with E-state index in [9.17, 15) is 19.5 Å². The molecule has 0 spiro atoms. The number of fused-ring (bicyclic) bond motifs is 1. The van der Waals surface area contributed by atoms with Crippen molar-refractivity contribution in [1.82, 2.24) is 4.90 Å². The van der Waals surface area contributed by atoms with Gasteiger partial charge in [0.05, 0.1) is 0 Å². The molecule has 30 heavy (non-hydrogen) atoms. The quantitative estimate of drug-likeness (QED) is 0.565. The Morgan fingerprint density at radius 1 is 0.900 bits per heavy atom.